The fourth-order valence-electron chi connectivity index (χ4n) is 11.4. The lowest BCUT2D eigenvalue weighted by atomic mass is 10.0. The topological polar surface area (TPSA) is 134 Å². The number of amides is 3. The number of benzene rings is 6. The molecule has 3 amide bonds. The number of aromatic nitrogens is 6. The number of furan rings is 1. The van der Waals surface area contributed by atoms with Gasteiger partial charge in [0.1, 0.15) is 34.2 Å². The number of rotatable bonds is 11. The first-order chi connectivity index (χ1) is 45.8. The molecule has 8 heterocycles. The van der Waals surface area contributed by atoms with Crippen molar-refractivity contribution in [1.29, 1.82) is 0 Å². The summed E-state index contributed by atoms with van der Waals surface area (Å²) < 4.78 is 10.7. The molecule has 486 valence electrons. The Kier molecular flexibility index (Phi) is 21.0. The Morgan fingerprint density at radius 3 is 1.25 bits per heavy atom. The van der Waals surface area contributed by atoms with Crippen molar-refractivity contribution in [1.82, 2.24) is 44.0 Å². The van der Waals surface area contributed by atoms with E-state index in [2.05, 4.69) is 40.9 Å². The van der Waals surface area contributed by atoms with E-state index in [0.29, 0.717) is 125 Å². The van der Waals surface area contributed by atoms with Crippen LogP contribution in [0.5, 0.6) is 0 Å². The molecule has 0 aliphatic carbocycles. The molecule has 3 saturated heterocycles. The van der Waals surface area contributed by atoms with Gasteiger partial charge in [-0.05, 0) is 178 Å². The van der Waals surface area contributed by atoms with Crippen LogP contribution in [0.25, 0.3) is 50.3 Å². The van der Waals surface area contributed by atoms with Gasteiger partial charge in [0, 0.05) is 98.5 Å². The third kappa shape index (κ3) is 15.4. The number of piperazine rings is 2. The van der Waals surface area contributed by atoms with E-state index in [1.165, 1.54) is 11.1 Å². The second-order valence-corrected chi connectivity index (χ2v) is 27.2. The average molecular weight is 1450 g/mol. The molecule has 0 unspecified atom stereocenters. The second kappa shape index (κ2) is 29.7. The van der Waals surface area contributed by atoms with E-state index in [-0.39, 0.29) is 17.7 Å². The van der Waals surface area contributed by atoms with Crippen molar-refractivity contribution >= 4 is 133 Å². The minimum Gasteiger partial charge on any atom is -0.460 e. The quantitative estimate of drug-likeness (QED) is 0.124. The van der Waals surface area contributed by atoms with Gasteiger partial charge in [-0.3, -0.25) is 14.4 Å². The lowest BCUT2D eigenvalue weighted by Crippen LogP contribution is -2.49. The van der Waals surface area contributed by atoms with Gasteiger partial charge in [-0.25, -0.2) is 14.0 Å². The number of hydrogen-bond donors (Lipinski definition) is 0. The molecular weight excluding hydrogens is 1390 g/mol. The Hall–Kier alpha value is -7.74. The summed E-state index contributed by atoms with van der Waals surface area (Å²) in [5, 5.41) is 20.1. The lowest BCUT2D eigenvalue weighted by Gasteiger charge is -2.36. The molecular formula is C71H61Cl8N11O4S. The van der Waals surface area contributed by atoms with E-state index in [1.54, 1.807) is 73.9 Å². The first kappa shape index (κ1) is 67.2. The van der Waals surface area contributed by atoms with Crippen LogP contribution in [0.4, 0.5) is 11.4 Å². The molecule has 0 spiro atoms. The fraction of sp³-hybridized carbons (Fsp3) is 0.211. The van der Waals surface area contributed by atoms with Crippen molar-refractivity contribution in [2.45, 2.75) is 33.6 Å². The molecule has 3 aliphatic rings. The van der Waals surface area contributed by atoms with Gasteiger partial charge < -0.3 is 28.9 Å². The minimum atomic E-state index is -0.112. The molecule has 11 aromatic rings. The summed E-state index contributed by atoms with van der Waals surface area (Å²) in [6.45, 7) is 12.8. The van der Waals surface area contributed by atoms with Crippen LogP contribution in [0.1, 0.15) is 61.2 Å². The Bertz CT molecular complexity index is 4620. The largest absolute Gasteiger partial charge is 0.460 e. The van der Waals surface area contributed by atoms with Gasteiger partial charge in [-0.2, -0.15) is 15.3 Å². The van der Waals surface area contributed by atoms with Crippen LogP contribution < -0.4 is 9.80 Å². The van der Waals surface area contributed by atoms with Crippen molar-refractivity contribution < 1.29 is 18.8 Å². The minimum absolute atomic E-state index is 0.00819. The van der Waals surface area contributed by atoms with Crippen LogP contribution in [0.2, 0.25) is 40.2 Å². The van der Waals surface area contributed by atoms with Crippen LogP contribution in [0.3, 0.4) is 0 Å². The fourth-order valence-corrected chi connectivity index (χ4v) is 13.3. The van der Waals surface area contributed by atoms with E-state index >= 15 is 0 Å². The van der Waals surface area contributed by atoms with Crippen molar-refractivity contribution in [3.63, 3.8) is 0 Å². The predicted molar refractivity (Wildman–Crippen MR) is 386 cm³/mol. The zero-order chi connectivity index (χ0) is 66.6. The van der Waals surface area contributed by atoms with Crippen LogP contribution >= 0.6 is 104 Å². The maximum absolute atomic E-state index is 13.6. The van der Waals surface area contributed by atoms with Gasteiger partial charge >= 0.3 is 0 Å². The number of anilines is 2. The number of carbonyl (C=O) groups is 3. The summed E-state index contributed by atoms with van der Waals surface area (Å²) in [5.74, 6) is 1.17. The summed E-state index contributed by atoms with van der Waals surface area (Å²) in [4.78, 5) is 51.4. The molecule has 15 nitrogen and oxygen atoms in total. The summed E-state index contributed by atoms with van der Waals surface area (Å²) in [6, 6.07) is 50.6. The summed E-state index contributed by atoms with van der Waals surface area (Å²) >= 11 is 50.9. The van der Waals surface area contributed by atoms with Crippen molar-refractivity contribution in [3.8, 4) is 50.3 Å². The number of nitrogens with zero attached hydrogens (tertiary/aromatic N) is 11. The van der Waals surface area contributed by atoms with Gasteiger partial charge in [0.25, 0.3) is 17.7 Å². The number of halogens is 8. The highest BCUT2D eigenvalue weighted by Gasteiger charge is 2.31. The first-order valence-electron chi connectivity index (χ1n) is 30.6. The summed E-state index contributed by atoms with van der Waals surface area (Å²) in [7, 11) is 0. The third-order valence-electron chi connectivity index (χ3n) is 16.7. The normalized spacial score (nSPS) is 14.0. The average Bonchev–Trinajstić information content (AvgIpc) is 1.68. The van der Waals surface area contributed by atoms with E-state index in [9.17, 15) is 14.4 Å². The van der Waals surface area contributed by atoms with Gasteiger partial charge in [0.2, 0.25) is 0 Å². The lowest BCUT2D eigenvalue weighted by molar-refractivity contribution is 0.0730. The molecule has 0 saturated carbocycles. The van der Waals surface area contributed by atoms with Crippen molar-refractivity contribution in [3.05, 3.63) is 243 Å². The third-order valence-corrected chi connectivity index (χ3v) is 20.3. The molecule has 6 aromatic carbocycles. The molecule has 3 aliphatic heterocycles. The molecule has 14 rings (SSSR count). The van der Waals surface area contributed by atoms with Gasteiger partial charge in [0.15, 0.2) is 5.76 Å². The van der Waals surface area contributed by atoms with E-state index < -0.39 is 0 Å². The number of thiophene rings is 1. The smallest absolute Gasteiger partial charge is 0.272 e. The molecule has 0 N–H and O–H groups in total. The molecule has 3 fully saturated rings. The summed E-state index contributed by atoms with van der Waals surface area (Å²) in [6.07, 6.45) is 2.08. The number of carbonyl (C=O) groups excluding carboxylic acids is 3. The Morgan fingerprint density at radius 1 is 0.389 bits per heavy atom. The van der Waals surface area contributed by atoms with Crippen LogP contribution in [0, 0.1) is 20.8 Å². The van der Waals surface area contributed by atoms with E-state index in [1.807, 2.05) is 130 Å². The van der Waals surface area contributed by atoms with Crippen molar-refractivity contribution in [2.75, 3.05) is 75.2 Å². The molecule has 24 heteroatoms. The zero-order valence-corrected chi connectivity index (χ0v) is 58.5. The highest BCUT2D eigenvalue weighted by Crippen LogP contribution is 2.34. The molecule has 5 aromatic heterocycles. The molecule has 95 heavy (non-hydrogen) atoms. The van der Waals surface area contributed by atoms with Crippen LogP contribution in [-0.2, 0) is 0 Å². The zero-order valence-electron chi connectivity index (χ0n) is 51.6. The van der Waals surface area contributed by atoms with Gasteiger partial charge in [-0.1, -0.05) is 123 Å². The highest BCUT2D eigenvalue weighted by molar-refractivity contribution is 7.13. The van der Waals surface area contributed by atoms with Crippen LogP contribution in [-0.4, -0.2) is 127 Å². The second-order valence-electron chi connectivity index (χ2n) is 23.0. The molecule has 0 atom stereocenters. The Labute approximate surface area is 594 Å². The number of hydrogen-bond acceptors (Lipinski definition) is 10. The van der Waals surface area contributed by atoms with Gasteiger partial charge in [0.05, 0.1) is 57.8 Å². The monoisotopic (exact) mass is 1440 g/mol. The molecule has 0 bridgehead atoms. The molecule has 0 radical (unpaired) electrons. The number of likely N-dealkylation sites (tertiary alicyclic amines) is 1. The first-order valence-corrected chi connectivity index (χ1v) is 34.5. The SMILES string of the molecule is Cc1ccc(-c2cc(C(=O)N3CCCC3)n(-c3ccc(Cl)c(Cl)c3)n2)cc1C.Cc1ccc(-c2cc(C(=O)N3CCN(c4cccc(Cl)c4)CC3)n(-c3ccc(Cl)c(Cl)c3)n2)o1.O=C(c1cc(-c2cccs2)nn1-c1ccc(Cl)c(Cl)c1)N1CCN(c2cccc(Cl)c2)CC1. The van der Waals surface area contributed by atoms with Crippen LogP contribution in [0.15, 0.2) is 174 Å². The highest BCUT2D eigenvalue weighted by atomic mass is 35.5. The standard InChI is InChI=1S/C25H21Cl3N4O2.C24H19Cl3N4OS.C22H21Cl2N3O/c1-16-5-8-24(34-16)22-15-23(32(29-22)19-6-7-20(27)21(28)14-19)25(33)31-11-9-30(10-12-31)18-4-2-3-17(26)13-18;25-16-3-1-4-17(13-16)29-8-10-30(11-9-29)24(32)22-15-21(23-5-2-12-33-23)28-31(22)18-6-7-19(26)20(27)14-18;1-14-5-6-16(11-15(14)2)20-13-21(22(28)26-9-3-4-10-26)27(25-20)17-7-8-18(23)19(24)12-17/h2-8,13-15H,9-12H2,1H3;1-7,12-15H,8-11H2;5-8,11-13H,3-4,9-10H2,1-2H3. The Balaban J connectivity index is 0.000000137. The van der Waals surface area contributed by atoms with E-state index in [4.69, 9.17) is 107 Å². The van der Waals surface area contributed by atoms with E-state index in [0.717, 1.165) is 78.0 Å². The predicted octanol–water partition coefficient (Wildman–Crippen LogP) is 18.6. The Morgan fingerprint density at radius 2 is 0.832 bits per heavy atom. The maximum Gasteiger partial charge on any atom is 0.272 e. The maximum atomic E-state index is 13.6. The number of aryl methyl sites for hydroxylation is 3. The van der Waals surface area contributed by atoms with Gasteiger partial charge in [-0.15, -0.1) is 11.3 Å². The van der Waals surface area contributed by atoms with Crippen molar-refractivity contribution in [2.24, 2.45) is 0 Å². The summed E-state index contributed by atoms with van der Waals surface area (Å²) in [5.41, 5.74) is 11.1.